The molecular weight excluding hydrogens is 487 g/mol. The number of benzene rings is 2. The Morgan fingerprint density at radius 3 is 2.33 bits per heavy atom. The van der Waals surface area contributed by atoms with Gasteiger partial charge in [-0.2, -0.15) is 13.2 Å². The summed E-state index contributed by atoms with van der Waals surface area (Å²) >= 11 is 0. The monoisotopic (exact) mass is 512 g/mol. The van der Waals surface area contributed by atoms with Crippen LogP contribution >= 0.6 is 0 Å². The number of hydrogen-bond acceptors (Lipinski definition) is 4. The standard InChI is InChI=1S/C24H25F5N4O3/c25-17-7-8-19(18(26)14-17)30-21(34)15-32-9-4-10-33(12-11-32)22(35)20(31-23(36)24(27,28)29)13-16-5-2-1-3-6-16/h1-3,5-8,14,20H,4,9-13,15H2,(H,30,34)(H,31,36). The fourth-order valence-electron chi connectivity index (χ4n) is 3.84. The summed E-state index contributed by atoms with van der Waals surface area (Å²) in [6, 6.07) is 9.71. The number of anilines is 1. The minimum absolute atomic E-state index is 0.115. The van der Waals surface area contributed by atoms with Gasteiger partial charge < -0.3 is 15.5 Å². The molecule has 1 heterocycles. The van der Waals surface area contributed by atoms with E-state index in [2.05, 4.69) is 5.32 Å². The van der Waals surface area contributed by atoms with E-state index in [0.29, 0.717) is 24.6 Å². The maximum Gasteiger partial charge on any atom is 0.471 e. The van der Waals surface area contributed by atoms with Crippen molar-refractivity contribution in [3.8, 4) is 0 Å². The predicted molar refractivity (Wildman–Crippen MR) is 121 cm³/mol. The molecule has 3 amide bonds. The van der Waals surface area contributed by atoms with Crippen molar-refractivity contribution in [3.05, 3.63) is 65.7 Å². The third-order valence-electron chi connectivity index (χ3n) is 5.62. The van der Waals surface area contributed by atoms with Gasteiger partial charge in [0.15, 0.2) is 0 Å². The highest BCUT2D eigenvalue weighted by atomic mass is 19.4. The van der Waals surface area contributed by atoms with E-state index in [-0.39, 0.29) is 38.3 Å². The maximum absolute atomic E-state index is 13.8. The lowest BCUT2D eigenvalue weighted by Gasteiger charge is -2.27. The molecule has 0 saturated carbocycles. The van der Waals surface area contributed by atoms with Gasteiger partial charge in [-0.25, -0.2) is 8.78 Å². The average molecular weight is 512 g/mol. The first kappa shape index (κ1) is 27.1. The SMILES string of the molecule is O=C(CN1CCCN(C(=O)C(Cc2ccccc2)NC(=O)C(F)(F)F)CC1)Nc1ccc(F)cc1F. The lowest BCUT2D eigenvalue weighted by atomic mass is 10.0. The number of alkyl halides is 3. The highest BCUT2D eigenvalue weighted by Crippen LogP contribution is 2.17. The van der Waals surface area contributed by atoms with Gasteiger partial charge in [-0.15, -0.1) is 0 Å². The molecule has 12 heteroatoms. The Morgan fingerprint density at radius 2 is 1.67 bits per heavy atom. The summed E-state index contributed by atoms with van der Waals surface area (Å²) in [5.41, 5.74) is 0.414. The van der Waals surface area contributed by atoms with Crippen molar-refractivity contribution in [1.82, 2.24) is 15.1 Å². The Bertz CT molecular complexity index is 1080. The van der Waals surface area contributed by atoms with Gasteiger partial charge in [0.25, 0.3) is 0 Å². The Kier molecular flexibility index (Phi) is 8.97. The van der Waals surface area contributed by atoms with Crippen molar-refractivity contribution >= 4 is 23.4 Å². The van der Waals surface area contributed by atoms with Gasteiger partial charge in [-0.3, -0.25) is 19.3 Å². The number of hydrogen-bond donors (Lipinski definition) is 2. The number of rotatable bonds is 7. The molecule has 1 atom stereocenters. The van der Waals surface area contributed by atoms with Crippen LogP contribution in [0.5, 0.6) is 0 Å². The lowest BCUT2D eigenvalue weighted by molar-refractivity contribution is -0.175. The van der Waals surface area contributed by atoms with Gasteiger partial charge in [0, 0.05) is 38.7 Å². The molecule has 2 N–H and O–H groups in total. The second-order valence-corrected chi connectivity index (χ2v) is 8.34. The summed E-state index contributed by atoms with van der Waals surface area (Å²) in [6.45, 7) is 0.843. The molecule has 0 spiro atoms. The van der Waals surface area contributed by atoms with E-state index in [1.54, 1.807) is 35.2 Å². The highest BCUT2D eigenvalue weighted by Gasteiger charge is 2.41. The van der Waals surface area contributed by atoms with E-state index in [9.17, 15) is 36.3 Å². The van der Waals surface area contributed by atoms with E-state index in [1.165, 1.54) is 4.90 Å². The van der Waals surface area contributed by atoms with Crippen LogP contribution in [0, 0.1) is 11.6 Å². The summed E-state index contributed by atoms with van der Waals surface area (Å²) in [5, 5.41) is 4.17. The van der Waals surface area contributed by atoms with E-state index in [0.717, 1.165) is 12.1 Å². The lowest BCUT2D eigenvalue weighted by Crippen LogP contribution is -2.53. The van der Waals surface area contributed by atoms with Crippen LogP contribution in [-0.4, -0.2) is 72.5 Å². The Labute approximate surface area is 204 Å². The number of nitrogens with one attached hydrogen (secondary N) is 2. The summed E-state index contributed by atoms with van der Waals surface area (Å²) in [4.78, 5) is 40.1. The van der Waals surface area contributed by atoms with Crippen LogP contribution in [0.3, 0.4) is 0 Å². The number of amides is 3. The van der Waals surface area contributed by atoms with Crippen molar-refractivity contribution in [1.29, 1.82) is 0 Å². The van der Waals surface area contributed by atoms with E-state index >= 15 is 0 Å². The van der Waals surface area contributed by atoms with Crippen LogP contribution in [0.2, 0.25) is 0 Å². The molecular formula is C24H25F5N4O3. The molecule has 36 heavy (non-hydrogen) atoms. The first-order valence-electron chi connectivity index (χ1n) is 11.2. The molecule has 1 saturated heterocycles. The van der Waals surface area contributed by atoms with Gasteiger partial charge in [-0.1, -0.05) is 30.3 Å². The van der Waals surface area contributed by atoms with E-state index < -0.39 is 41.6 Å². The molecule has 0 radical (unpaired) electrons. The first-order valence-corrected chi connectivity index (χ1v) is 11.2. The van der Waals surface area contributed by atoms with Crippen LogP contribution in [-0.2, 0) is 20.8 Å². The second kappa shape index (κ2) is 11.9. The third kappa shape index (κ3) is 7.74. The fourth-order valence-corrected chi connectivity index (χ4v) is 3.84. The number of nitrogens with zero attached hydrogens (tertiary/aromatic N) is 2. The molecule has 194 valence electrons. The molecule has 7 nitrogen and oxygen atoms in total. The molecule has 3 rings (SSSR count). The third-order valence-corrected chi connectivity index (χ3v) is 5.62. The van der Waals surface area contributed by atoms with Crippen LogP contribution in [0.15, 0.2) is 48.5 Å². The molecule has 1 aliphatic rings. The van der Waals surface area contributed by atoms with Crippen molar-refractivity contribution in [2.75, 3.05) is 38.0 Å². The highest BCUT2D eigenvalue weighted by molar-refractivity contribution is 5.92. The number of carbonyl (C=O) groups excluding carboxylic acids is 3. The number of carbonyl (C=O) groups is 3. The van der Waals surface area contributed by atoms with Gasteiger partial charge in [-0.05, 0) is 24.1 Å². The van der Waals surface area contributed by atoms with E-state index in [4.69, 9.17) is 0 Å². The molecule has 0 aliphatic carbocycles. The zero-order valence-corrected chi connectivity index (χ0v) is 19.2. The Balaban J connectivity index is 1.61. The second-order valence-electron chi connectivity index (χ2n) is 8.34. The Morgan fingerprint density at radius 1 is 0.944 bits per heavy atom. The normalized spacial score (nSPS) is 15.6. The molecule has 1 unspecified atom stereocenters. The maximum atomic E-state index is 13.8. The minimum Gasteiger partial charge on any atom is -0.340 e. The van der Waals surface area contributed by atoms with Gasteiger partial charge in [0.05, 0.1) is 12.2 Å². The van der Waals surface area contributed by atoms with Gasteiger partial charge >= 0.3 is 12.1 Å². The summed E-state index contributed by atoms with van der Waals surface area (Å²) in [7, 11) is 0. The molecule has 1 fully saturated rings. The summed E-state index contributed by atoms with van der Waals surface area (Å²) in [5.74, 6) is -5.09. The molecule has 1 aliphatic heterocycles. The van der Waals surface area contributed by atoms with Crippen molar-refractivity contribution in [2.45, 2.75) is 25.1 Å². The predicted octanol–water partition coefficient (Wildman–Crippen LogP) is 2.73. The fraction of sp³-hybridized carbons (Fsp3) is 0.375. The van der Waals surface area contributed by atoms with Crippen LogP contribution in [0.4, 0.5) is 27.6 Å². The summed E-state index contributed by atoms with van der Waals surface area (Å²) < 4.78 is 65.4. The zero-order valence-electron chi connectivity index (χ0n) is 19.2. The Hall–Kier alpha value is -3.54. The van der Waals surface area contributed by atoms with Gasteiger partial charge in [0.1, 0.15) is 17.7 Å². The summed E-state index contributed by atoms with van der Waals surface area (Å²) in [6.07, 6.45) is -4.83. The van der Waals surface area contributed by atoms with Crippen LogP contribution < -0.4 is 10.6 Å². The average Bonchev–Trinajstić information content (AvgIpc) is 3.05. The van der Waals surface area contributed by atoms with Crippen molar-refractivity contribution in [3.63, 3.8) is 0 Å². The minimum atomic E-state index is -5.14. The zero-order chi connectivity index (χ0) is 26.3. The smallest absolute Gasteiger partial charge is 0.340 e. The van der Waals surface area contributed by atoms with Crippen molar-refractivity contribution < 1.29 is 36.3 Å². The molecule has 0 aromatic heterocycles. The van der Waals surface area contributed by atoms with Crippen LogP contribution in [0.25, 0.3) is 0 Å². The molecule has 2 aromatic rings. The molecule has 0 bridgehead atoms. The largest absolute Gasteiger partial charge is 0.471 e. The first-order chi connectivity index (χ1) is 17.0. The van der Waals surface area contributed by atoms with E-state index in [1.807, 2.05) is 5.32 Å². The topological polar surface area (TPSA) is 81.8 Å². The molecule has 2 aromatic carbocycles. The quantitative estimate of drug-likeness (QED) is 0.560. The number of halogens is 5. The van der Waals surface area contributed by atoms with Crippen LogP contribution in [0.1, 0.15) is 12.0 Å². The van der Waals surface area contributed by atoms with Crippen molar-refractivity contribution in [2.24, 2.45) is 0 Å². The van der Waals surface area contributed by atoms with Gasteiger partial charge in [0.2, 0.25) is 11.8 Å².